The summed E-state index contributed by atoms with van der Waals surface area (Å²) < 4.78 is 17.4. The normalized spacial score (nSPS) is 7.64. The Labute approximate surface area is 167 Å². The summed E-state index contributed by atoms with van der Waals surface area (Å²) in [6.07, 6.45) is 2.25. The highest BCUT2D eigenvalue weighted by molar-refractivity contribution is 5.87. The maximum Gasteiger partial charge on any atom is 0.333 e. The molecule has 0 fully saturated rings. The molecular formula is C20H32O8. The number of ether oxygens (including phenoxy) is 4. The van der Waals surface area contributed by atoms with Crippen LogP contribution in [0.5, 0.6) is 0 Å². The third-order valence-corrected chi connectivity index (χ3v) is 1.98. The van der Waals surface area contributed by atoms with E-state index in [1.807, 2.05) is 0 Å². The number of hydrogen-bond acceptors (Lipinski definition) is 8. The molecule has 0 amide bonds. The van der Waals surface area contributed by atoms with Crippen molar-refractivity contribution in [2.75, 3.05) is 27.4 Å². The minimum absolute atomic E-state index is 0.312. The van der Waals surface area contributed by atoms with Gasteiger partial charge in [0.1, 0.15) is 0 Å². The van der Waals surface area contributed by atoms with Gasteiger partial charge in [-0.15, -0.1) is 0 Å². The van der Waals surface area contributed by atoms with Crippen LogP contribution in [0.2, 0.25) is 0 Å². The molecule has 0 aliphatic rings. The van der Waals surface area contributed by atoms with E-state index in [2.05, 4.69) is 45.3 Å². The average molecular weight is 400 g/mol. The van der Waals surface area contributed by atoms with Crippen molar-refractivity contribution in [3.63, 3.8) is 0 Å². The van der Waals surface area contributed by atoms with Crippen LogP contribution in [0, 0.1) is 0 Å². The summed E-state index contributed by atoms with van der Waals surface area (Å²) in [5.41, 5.74) is 0.884. The van der Waals surface area contributed by atoms with E-state index >= 15 is 0 Å². The summed E-state index contributed by atoms with van der Waals surface area (Å²) in [7, 11) is 2.64. The van der Waals surface area contributed by atoms with Crippen LogP contribution in [0.25, 0.3) is 0 Å². The van der Waals surface area contributed by atoms with Crippen LogP contribution >= 0.6 is 0 Å². The number of carbonyl (C=O) groups is 4. The van der Waals surface area contributed by atoms with Gasteiger partial charge in [-0.3, -0.25) is 0 Å². The molecule has 0 bridgehead atoms. The second-order valence-corrected chi connectivity index (χ2v) is 4.46. The Morgan fingerprint density at radius 3 is 1.18 bits per heavy atom. The summed E-state index contributed by atoms with van der Waals surface area (Å²) in [5, 5.41) is 0. The van der Waals surface area contributed by atoms with E-state index in [1.165, 1.54) is 14.2 Å². The Bertz CT molecular complexity index is 530. The van der Waals surface area contributed by atoms with E-state index in [4.69, 9.17) is 0 Å². The first-order chi connectivity index (χ1) is 13.0. The van der Waals surface area contributed by atoms with Gasteiger partial charge in [0.15, 0.2) is 0 Å². The van der Waals surface area contributed by atoms with E-state index in [-0.39, 0.29) is 17.9 Å². The first kappa shape index (κ1) is 32.5. The Balaban J connectivity index is -0.000000138. The van der Waals surface area contributed by atoms with Crippen LogP contribution in [0.3, 0.4) is 0 Å². The first-order valence-corrected chi connectivity index (χ1v) is 8.04. The summed E-state index contributed by atoms with van der Waals surface area (Å²) in [6, 6.07) is 0. The molecule has 0 rings (SSSR count). The van der Waals surface area contributed by atoms with Gasteiger partial charge >= 0.3 is 23.9 Å². The second kappa shape index (κ2) is 23.8. The zero-order valence-corrected chi connectivity index (χ0v) is 17.7. The van der Waals surface area contributed by atoms with Crippen LogP contribution in [0.1, 0.15) is 27.7 Å². The summed E-state index contributed by atoms with van der Waals surface area (Å²) in [5.74, 6) is -1.41. The van der Waals surface area contributed by atoms with Gasteiger partial charge in [0.05, 0.1) is 27.4 Å². The third kappa shape index (κ3) is 30.7. The highest BCUT2D eigenvalue weighted by Crippen LogP contribution is 1.89. The predicted molar refractivity (Wildman–Crippen MR) is 107 cm³/mol. The van der Waals surface area contributed by atoms with E-state index in [0.29, 0.717) is 24.4 Å². The molecule has 0 atom stereocenters. The van der Waals surface area contributed by atoms with Crippen LogP contribution in [0.4, 0.5) is 0 Å². The minimum Gasteiger partial charge on any atom is -0.466 e. The molecular weight excluding hydrogens is 368 g/mol. The van der Waals surface area contributed by atoms with Crippen molar-refractivity contribution in [2.45, 2.75) is 27.7 Å². The molecule has 0 aromatic carbocycles. The standard InChI is InChI=1S/C6H10O2.2C5H8O2.C4H6O2/c1-4-8-6(7)5(2)3;1-4(2)5(6)7-3;1-3-5(6)7-4-2;1-3-4(5)6-2/h2,4H2,1,3H3;1H2,2-3H3;3H,1,4H2,2H3;3H,1H2,2H3. The molecule has 0 unspecified atom stereocenters. The SMILES string of the molecule is C=C(C)C(=O)OC.C=C(C)C(=O)OCC.C=CC(=O)OC.C=CC(=O)OCC. The Hall–Kier alpha value is -3.16. The molecule has 0 N–H and O–H groups in total. The lowest BCUT2D eigenvalue weighted by Gasteiger charge is -1.96. The van der Waals surface area contributed by atoms with Crippen molar-refractivity contribution in [3.05, 3.63) is 49.6 Å². The molecule has 8 nitrogen and oxygen atoms in total. The number of carbonyl (C=O) groups excluding carboxylic acids is 4. The van der Waals surface area contributed by atoms with Crippen LogP contribution < -0.4 is 0 Å². The van der Waals surface area contributed by atoms with Gasteiger partial charge in [0, 0.05) is 23.3 Å². The maximum atomic E-state index is 10.4. The van der Waals surface area contributed by atoms with Crippen molar-refractivity contribution in [1.29, 1.82) is 0 Å². The molecule has 0 saturated carbocycles. The van der Waals surface area contributed by atoms with Gasteiger partial charge < -0.3 is 18.9 Å². The summed E-state index contributed by atoms with van der Waals surface area (Å²) in [4.78, 5) is 40.5. The van der Waals surface area contributed by atoms with E-state index < -0.39 is 5.97 Å². The van der Waals surface area contributed by atoms with Crippen LogP contribution in [-0.2, 0) is 38.1 Å². The molecule has 0 aromatic heterocycles. The Kier molecular flexibility index (Phi) is 27.7. The fourth-order valence-electron chi connectivity index (χ4n) is 0.713. The topological polar surface area (TPSA) is 105 Å². The third-order valence-electron chi connectivity index (χ3n) is 1.98. The first-order valence-electron chi connectivity index (χ1n) is 8.04. The van der Waals surface area contributed by atoms with E-state index in [0.717, 1.165) is 12.2 Å². The monoisotopic (exact) mass is 400 g/mol. The van der Waals surface area contributed by atoms with Gasteiger partial charge in [-0.25, -0.2) is 19.2 Å². The van der Waals surface area contributed by atoms with Gasteiger partial charge in [-0.05, 0) is 27.7 Å². The highest BCUT2D eigenvalue weighted by atomic mass is 16.5. The number of rotatable bonds is 6. The molecule has 160 valence electrons. The fourth-order valence-corrected chi connectivity index (χ4v) is 0.713. The fraction of sp³-hybridized carbons (Fsp3) is 0.400. The van der Waals surface area contributed by atoms with Crippen molar-refractivity contribution in [2.24, 2.45) is 0 Å². The molecule has 0 radical (unpaired) electrons. The second-order valence-electron chi connectivity index (χ2n) is 4.46. The Morgan fingerprint density at radius 1 is 0.714 bits per heavy atom. The van der Waals surface area contributed by atoms with Gasteiger partial charge in [0.2, 0.25) is 0 Å². The zero-order valence-electron chi connectivity index (χ0n) is 17.7. The smallest absolute Gasteiger partial charge is 0.333 e. The van der Waals surface area contributed by atoms with Gasteiger partial charge in [-0.2, -0.15) is 0 Å². The predicted octanol–water partition coefficient (Wildman–Crippen LogP) is 2.94. The summed E-state index contributed by atoms with van der Waals surface area (Å²) in [6.45, 7) is 20.7. The molecule has 0 aliphatic heterocycles. The largest absolute Gasteiger partial charge is 0.466 e. The van der Waals surface area contributed by atoms with Gasteiger partial charge in [-0.1, -0.05) is 26.3 Å². The van der Waals surface area contributed by atoms with Crippen LogP contribution in [0.15, 0.2) is 49.6 Å². The van der Waals surface area contributed by atoms with Crippen molar-refractivity contribution in [1.82, 2.24) is 0 Å². The molecule has 28 heavy (non-hydrogen) atoms. The lowest BCUT2D eigenvalue weighted by atomic mass is 10.4. The number of methoxy groups -OCH3 is 2. The van der Waals surface area contributed by atoms with E-state index in [1.54, 1.807) is 27.7 Å². The Morgan fingerprint density at radius 2 is 1.11 bits per heavy atom. The molecule has 0 heterocycles. The van der Waals surface area contributed by atoms with Crippen molar-refractivity contribution < 1.29 is 38.1 Å². The lowest BCUT2D eigenvalue weighted by molar-refractivity contribution is -0.138. The molecule has 8 heteroatoms. The van der Waals surface area contributed by atoms with Crippen molar-refractivity contribution in [3.8, 4) is 0 Å². The molecule has 0 saturated heterocycles. The number of esters is 4. The maximum absolute atomic E-state index is 10.4. The van der Waals surface area contributed by atoms with Crippen LogP contribution in [-0.4, -0.2) is 51.3 Å². The van der Waals surface area contributed by atoms with Crippen molar-refractivity contribution >= 4 is 23.9 Å². The van der Waals surface area contributed by atoms with E-state index in [9.17, 15) is 19.2 Å². The summed E-state index contributed by atoms with van der Waals surface area (Å²) >= 11 is 0. The molecule has 0 aliphatic carbocycles. The lowest BCUT2D eigenvalue weighted by Crippen LogP contribution is -2.03. The van der Waals surface area contributed by atoms with Gasteiger partial charge in [0.25, 0.3) is 0 Å². The highest BCUT2D eigenvalue weighted by Gasteiger charge is 1.98. The zero-order chi connectivity index (χ0) is 23.1. The quantitative estimate of drug-likeness (QED) is 0.381. The average Bonchev–Trinajstić information content (AvgIpc) is 2.68. The number of hydrogen-bond donors (Lipinski definition) is 0. The molecule has 0 aromatic rings. The molecule has 0 spiro atoms. The minimum atomic E-state index is -0.394.